The zero-order valence-corrected chi connectivity index (χ0v) is 11.5. The van der Waals surface area contributed by atoms with Crippen molar-refractivity contribution in [2.75, 3.05) is 6.26 Å². The van der Waals surface area contributed by atoms with Crippen LogP contribution in [-0.4, -0.2) is 33.1 Å². The summed E-state index contributed by atoms with van der Waals surface area (Å²) in [7, 11) is -3.63. The fourth-order valence-corrected chi connectivity index (χ4v) is 2.80. The first-order chi connectivity index (χ1) is 8.94. The largest absolute Gasteiger partial charge is 0.373 e. The van der Waals surface area contributed by atoms with E-state index < -0.39 is 22.4 Å². The Hall–Kier alpha value is -0.980. The molecule has 4 nitrogen and oxygen atoms in total. The van der Waals surface area contributed by atoms with E-state index in [-0.39, 0.29) is 18.9 Å². The van der Waals surface area contributed by atoms with Gasteiger partial charge in [-0.15, -0.1) is 0 Å². The molecule has 0 bridgehead atoms. The average molecular weight is 288 g/mol. The number of alkyl halides is 1. The van der Waals surface area contributed by atoms with Crippen LogP contribution in [0.25, 0.3) is 0 Å². The predicted octanol–water partition coefficient (Wildman–Crippen LogP) is 2.05. The average Bonchev–Trinajstić information content (AvgIpc) is 2.67. The molecule has 1 fully saturated rings. The third-order valence-corrected chi connectivity index (χ3v) is 3.61. The van der Waals surface area contributed by atoms with Crippen LogP contribution in [0.4, 0.5) is 4.39 Å². The normalized spacial score (nSPS) is 27.6. The minimum atomic E-state index is -3.63. The van der Waals surface area contributed by atoms with Gasteiger partial charge in [-0.1, -0.05) is 30.3 Å². The van der Waals surface area contributed by atoms with Gasteiger partial charge >= 0.3 is 0 Å². The molecule has 1 aliphatic rings. The molecule has 19 heavy (non-hydrogen) atoms. The highest BCUT2D eigenvalue weighted by Gasteiger charge is 2.37. The third-order valence-electron chi connectivity index (χ3n) is 3.01. The Kier molecular flexibility index (Phi) is 4.54. The van der Waals surface area contributed by atoms with Gasteiger partial charge in [0.1, 0.15) is 12.3 Å². The third kappa shape index (κ3) is 4.56. The van der Waals surface area contributed by atoms with Crippen molar-refractivity contribution >= 4 is 10.1 Å². The molecular formula is C13H17FO4S. The molecule has 1 saturated carbocycles. The molecule has 1 aromatic rings. The summed E-state index contributed by atoms with van der Waals surface area (Å²) in [6.45, 7) is 0.393. The van der Waals surface area contributed by atoms with Crippen LogP contribution in [-0.2, 0) is 25.6 Å². The summed E-state index contributed by atoms with van der Waals surface area (Å²) in [6.07, 6.45) is -1.15. The Morgan fingerprint density at radius 3 is 2.58 bits per heavy atom. The summed E-state index contributed by atoms with van der Waals surface area (Å²) in [5, 5.41) is 0. The number of halogens is 1. The van der Waals surface area contributed by atoms with Crippen LogP contribution >= 0.6 is 0 Å². The van der Waals surface area contributed by atoms with Gasteiger partial charge in [-0.3, -0.25) is 4.18 Å². The minimum absolute atomic E-state index is 0.174. The zero-order chi connectivity index (χ0) is 13.9. The summed E-state index contributed by atoms with van der Waals surface area (Å²) in [5.74, 6) is 0. The van der Waals surface area contributed by atoms with Crippen molar-refractivity contribution in [2.24, 2.45) is 0 Å². The van der Waals surface area contributed by atoms with E-state index in [0.29, 0.717) is 6.61 Å². The molecule has 3 atom stereocenters. The molecule has 1 aromatic carbocycles. The Morgan fingerprint density at radius 2 is 1.95 bits per heavy atom. The highest BCUT2D eigenvalue weighted by Crippen LogP contribution is 2.29. The predicted molar refractivity (Wildman–Crippen MR) is 68.9 cm³/mol. The van der Waals surface area contributed by atoms with Crippen LogP contribution in [0, 0.1) is 0 Å². The van der Waals surface area contributed by atoms with Gasteiger partial charge in [-0.05, 0) is 5.56 Å². The van der Waals surface area contributed by atoms with E-state index in [1.807, 2.05) is 30.3 Å². The van der Waals surface area contributed by atoms with E-state index in [0.717, 1.165) is 11.8 Å². The Bertz CT molecular complexity index is 503. The monoisotopic (exact) mass is 288 g/mol. The number of hydrogen-bond acceptors (Lipinski definition) is 4. The summed E-state index contributed by atoms with van der Waals surface area (Å²) >= 11 is 0. The fourth-order valence-electron chi connectivity index (χ4n) is 2.15. The Labute approximate surface area is 112 Å². The molecule has 0 N–H and O–H groups in total. The van der Waals surface area contributed by atoms with E-state index in [9.17, 15) is 12.8 Å². The SMILES string of the molecule is CS(=O)(=O)OC1C[C@H](OCc2ccccc2)C[C@H]1F. The lowest BCUT2D eigenvalue weighted by Gasteiger charge is -2.12. The van der Waals surface area contributed by atoms with Crippen LogP contribution in [0.3, 0.4) is 0 Å². The van der Waals surface area contributed by atoms with E-state index in [4.69, 9.17) is 8.92 Å². The first kappa shape index (κ1) is 14.4. The van der Waals surface area contributed by atoms with Crippen LogP contribution in [0.15, 0.2) is 30.3 Å². The summed E-state index contributed by atoms with van der Waals surface area (Å²) in [4.78, 5) is 0. The van der Waals surface area contributed by atoms with Gasteiger partial charge in [-0.2, -0.15) is 8.42 Å². The number of ether oxygens (including phenoxy) is 1. The second-order valence-electron chi connectivity index (χ2n) is 4.74. The van der Waals surface area contributed by atoms with Gasteiger partial charge in [-0.25, -0.2) is 4.39 Å². The maximum atomic E-state index is 13.6. The summed E-state index contributed by atoms with van der Waals surface area (Å²) < 4.78 is 45.9. The molecule has 0 radical (unpaired) electrons. The minimum Gasteiger partial charge on any atom is -0.373 e. The molecule has 0 aliphatic heterocycles. The van der Waals surface area contributed by atoms with Crippen LogP contribution in [0.2, 0.25) is 0 Å². The van der Waals surface area contributed by atoms with Gasteiger partial charge in [0.15, 0.2) is 0 Å². The Balaban J connectivity index is 1.84. The van der Waals surface area contributed by atoms with Crippen molar-refractivity contribution in [1.82, 2.24) is 0 Å². The van der Waals surface area contributed by atoms with Crippen molar-refractivity contribution in [3.8, 4) is 0 Å². The van der Waals surface area contributed by atoms with Gasteiger partial charge < -0.3 is 4.74 Å². The highest BCUT2D eigenvalue weighted by molar-refractivity contribution is 7.86. The second kappa shape index (κ2) is 5.98. The molecule has 0 saturated heterocycles. The van der Waals surface area contributed by atoms with Crippen molar-refractivity contribution in [3.05, 3.63) is 35.9 Å². The standard InChI is InChI=1S/C13H17FO4S/c1-19(15,16)18-13-8-11(7-12(13)14)17-9-10-5-3-2-4-6-10/h2-6,11-13H,7-9H2,1H3/t11-,12-,13?/m1/s1. The van der Waals surface area contributed by atoms with Crippen LogP contribution < -0.4 is 0 Å². The summed E-state index contributed by atoms with van der Waals surface area (Å²) in [5.41, 5.74) is 1.00. The first-order valence-corrected chi connectivity index (χ1v) is 7.93. The van der Waals surface area contributed by atoms with Crippen molar-refractivity contribution in [2.45, 2.75) is 37.8 Å². The van der Waals surface area contributed by atoms with Crippen molar-refractivity contribution in [3.63, 3.8) is 0 Å². The quantitative estimate of drug-likeness (QED) is 0.778. The van der Waals surface area contributed by atoms with E-state index in [1.165, 1.54) is 0 Å². The molecule has 2 rings (SSSR count). The van der Waals surface area contributed by atoms with E-state index in [1.54, 1.807) is 0 Å². The van der Waals surface area contributed by atoms with Crippen LogP contribution in [0.5, 0.6) is 0 Å². The lowest BCUT2D eigenvalue weighted by molar-refractivity contribution is 0.0379. The fraction of sp³-hybridized carbons (Fsp3) is 0.538. The van der Waals surface area contributed by atoms with Gasteiger partial charge in [0.05, 0.1) is 19.0 Å². The molecule has 0 spiro atoms. The molecular weight excluding hydrogens is 271 g/mol. The molecule has 0 heterocycles. The summed E-state index contributed by atoms with van der Waals surface area (Å²) in [6, 6.07) is 9.56. The van der Waals surface area contributed by atoms with Gasteiger partial charge in [0.2, 0.25) is 0 Å². The zero-order valence-electron chi connectivity index (χ0n) is 10.7. The maximum absolute atomic E-state index is 13.6. The van der Waals surface area contributed by atoms with Crippen molar-refractivity contribution < 1.29 is 21.7 Å². The molecule has 0 amide bonds. The molecule has 1 unspecified atom stereocenters. The lowest BCUT2D eigenvalue weighted by Crippen LogP contribution is -2.22. The van der Waals surface area contributed by atoms with E-state index in [2.05, 4.69) is 0 Å². The topological polar surface area (TPSA) is 52.6 Å². The van der Waals surface area contributed by atoms with Crippen molar-refractivity contribution in [1.29, 1.82) is 0 Å². The molecule has 0 aromatic heterocycles. The second-order valence-corrected chi connectivity index (χ2v) is 6.35. The smallest absolute Gasteiger partial charge is 0.264 e. The first-order valence-electron chi connectivity index (χ1n) is 6.12. The van der Waals surface area contributed by atoms with E-state index >= 15 is 0 Å². The molecule has 6 heteroatoms. The number of hydrogen-bond donors (Lipinski definition) is 0. The van der Waals surface area contributed by atoms with Gasteiger partial charge in [0.25, 0.3) is 10.1 Å². The molecule has 1 aliphatic carbocycles. The lowest BCUT2D eigenvalue weighted by atomic mass is 10.2. The Morgan fingerprint density at radius 1 is 1.26 bits per heavy atom. The number of rotatable bonds is 5. The van der Waals surface area contributed by atoms with Crippen LogP contribution in [0.1, 0.15) is 18.4 Å². The number of benzene rings is 1. The highest BCUT2D eigenvalue weighted by atomic mass is 32.2. The van der Waals surface area contributed by atoms with Gasteiger partial charge in [0, 0.05) is 12.8 Å². The maximum Gasteiger partial charge on any atom is 0.264 e. The molecule has 106 valence electrons.